The van der Waals surface area contributed by atoms with E-state index in [4.69, 9.17) is 16.3 Å². The topological polar surface area (TPSA) is 67.9 Å². The summed E-state index contributed by atoms with van der Waals surface area (Å²) in [4.78, 5) is 16.3. The van der Waals surface area contributed by atoms with E-state index >= 15 is 0 Å². The molecule has 0 spiro atoms. The van der Waals surface area contributed by atoms with Gasteiger partial charge in [0.2, 0.25) is 0 Å². The summed E-state index contributed by atoms with van der Waals surface area (Å²) >= 11 is 8.10. The molecule has 0 aliphatic rings. The molecule has 0 saturated heterocycles. The number of benzene rings is 1. The van der Waals surface area contributed by atoms with E-state index in [1.807, 2.05) is 52.9 Å². The van der Waals surface area contributed by atoms with Crippen molar-refractivity contribution in [1.29, 1.82) is 0 Å². The van der Waals surface area contributed by atoms with Crippen molar-refractivity contribution in [3.05, 3.63) is 56.4 Å². The Hall–Kier alpha value is -1.67. The standard InChI is InChI=1S/C14H9ClIN3O2/c15-12-9(6-10-11(17-12)13(16)19-18-10)14(20)21-7-8-4-2-1-3-5-8/h1-6H,7H2,(H,18,19). The van der Waals surface area contributed by atoms with E-state index in [-0.39, 0.29) is 17.3 Å². The fourth-order valence-corrected chi connectivity index (χ4v) is 2.59. The van der Waals surface area contributed by atoms with Crippen LogP contribution in [0.25, 0.3) is 11.0 Å². The Morgan fingerprint density at radius 1 is 1.33 bits per heavy atom. The van der Waals surface area contributed by atoms with Crippen LogP contribution in [0.5, 0.6) is 0 Å². The first kappa shape index (κ1) is 14.3. The van der Waals surface area contributed by atoms with Crippen molar-refractivity contribution in [3.8, 4) is 0 Å². The van der Waals surface area contributed by atoms with Gasteiger partial charge < -0.3 is 4.74 Å². The van der Waals surface area contributed by atoms with Gasteiger partial charge in [-0.25, -0.2) is 9.78 Å². The highest BCUT2D eigenvalue weighted by molar-refractivity contribution is 14.1. The number of hydrogen-bond acceptors (Lipinski definition) is 4. The Morgan fingerprint density at radius 2 is 2.10 bits per heavy atom. The Kier molecular flexibility index (Phi) is 4.07. The summed E-state index contributed by atoms with van der Waals surface area (Å²) in [5.74, 6) is -0.511. The van der Waals surface area contributed by atoms with Gasteiger partial charge in [0.15, 0.2) is 0 Å². The molecule has 7 heteroatoms. The van der Waals surface area contributed by atoms with Crippen molar-refractivity contribution in [2.75, 3.05) is 0 Å². The van der Waals surface area contributed by atoms with Crippen molar-refractivity contribution in [3.63, 3.8) is 0 Å². The number of nitrogens with one attached hydrogen (secondary N) is 1. The number of halogens is 2. The molecule has 0 fully saturated rings. The lowest BCUT2D eigenvalue weighted by molar-refractivity contribution is 0.0472. The average molecular weight is 414 g/mol. The first-order chi connectivity index (χ1) is 10.1. The number of ether oxygens (including phenoxy) is 1. The maximum atomic E-state index is 12.1. The third-order valence-electron chi connectivity index (χ3n) is 2.88. The van der Waals surface area contributed by atoms with Gasteiger partial charge in [0.25, 0.3) is 0 Å². The second-order valence-corrected chi connectivity index (χ2v) is 5.68. The summed E-state index contributed by atoms with van der Waals surface area (Å²) in [5.41, 5.74) is 2.42. The number of esters is 1. The molecule has 21 heavy (non-hydrogen) atoms. The van der Waals surface area contributed by atoms with E-state index < -0.39 is 5.97 Å². The largest absolute Gasteiger partial charge is 0.457 e. The zero-order valence-electron chi connectivity index (χ0n) is 10.6. The van der Waals surface area contributed by atoms with E-state index in [1.54, 1.807) is 6.07 Å². The van der Waals surface area contributed by atoms with E-state index in [9.17, 15) is 4.79 Å². The number of aromatic amines is 1. The van der Waals surface area contributed by atoms with Crippen LogP contribution in [0.3, 0.4) is 0 Å². The first-order valence-electron chi connectivity index (χ1n) is 6.06. The summed E-state index contributed by atoms with van der Waals surface area (Å²) in [5, 5.41) is 6.93. The summed E-state index contributed by atoms with van der Waals surface area (Å²) in [7, 11) is 0. The summed E-state index contributed by atoms with van der Waals surface area (Å²) in [6, 6.07) is 11.0. The number of pyridine rings is 1. The molecule has 0 aliphatic heterocycles. The molecule has 5 nitrogen and oxygen atoms in total. The normalized spacial score (nSPS) is 10.8. The number of fused-ring (bicyclic) bond motifs is 1. The Labute approximate surface area is 138 Å². The van der Waals surface area contributed by atoms with Gasteiger partial charge in [0.1, 0.15) is 21.0 Å². The van der Waals surface area contributed by atoms with Crippen LogP contribution in [0.15, 0.2) is 36.4 Å². The van der Waals surface area contributed by atoms with Gasteiger partial charge in [0, 0.05) is 0 Å². The molecular weight excluding hydrogens is 405 g/mol. The third-order valence-corrected chi connectivity index (χ3v) is 3.92. The monoisotopic (exact) mass is 413 g/mol. The fourth-order valence-electron chi connectivity index (χ4n) is 1.84. The second-order valence-electron chi connectivity index (χ2n) is 4.30. The highest BCUT2D eigenvalue weighted by atomic mass is 127. The molecule has 0 saturated carbocycles. The van der Waals surface area contributed by atoms with Gasteiger partial charge in [-0.2, -0.15) is 5.10 Å². The lowest BCUT2D eigenvalue weighted by Gasteiger charge is -2.06. The van der Waals surface area contributed by atoms with Crippen molar-refractivity contribution in [2.24, 2.45) is 0 Å². The summed E-state index contributed by atoms with van der Waals surface area (Å²) < 4.78 is 5.95. The van der Waals surface area contributed by atoms with Crippen LogP contribution in [-0.4, -0.2) is 21.2 Å². The van der Waals surface area contributed by atoms with E-state index in [0.29, 0.717) is 14.7 Å². The van der Waals surface area contributed by atoms with Gasteiger partial charge in [-0.3, -0.25) is 5.10 Å². The first-order valence-corrected chi connectivity index (χ1v) is 7.52. The smallest absolute Gasteiger partial charge is 0.341 e. The average Bonchev–Trinajstić information content (AvgIpc) is 2.86. The zero-order chi connectivity index (χ0) is 14.8. The van der Waals surface area contributed by atoms with Crippen LogP contribution in [-0.2, 0) is 11.3 Å². The molecule has 2 heterocycles. The van der Waals surface area contributed by atoms with E-state index in [0.717, 1.165) is 5.56 Å². The predicted octanol–water partition coefficient (Wildman–Crippen LogP) is 3.57. The van der Waals surface area contributed by atoms with Crippen LogP contribution >= 0.6 is 34.2 Å². The molecule has 1 aromatic carbocycles. The number of H-pyrrole nitrogens is 1. The molecule has 0 radical (unpaired) electrons. The van der Waals surface area contributed by atoms with Crippen LogP contribution in [0, 0.1) is 3.70 Å². The number of nitrogens with zero attached hydrogens (tertiary/aromatic N) is 2. The van der Waals surface area contributed by atoms with Crippen molar-refractivity contribution < 1.29 is 9.53 Å². The van der Waals surface area contributed by atoms with Crippen LogP contribution < -0.4 is 0 Å². The lowest BCUT2D eigenvalue weighted by atomic mass is 10.2. The van der Waals surface area contributed by atoms with Gasteiger partial charge in [0.05, 0.1) is 11.1 Å². The molecule has 2 aromatic heterocycles. The van der Waals surface area contributed by atoms with Gasteiger partial charge in [-0.15, -0.1) is 0 Å². The molecule has 1 N–H and O–H groups in total. The van der Waals surface area contributed by atoms with Gasteiger partial charge in [-0.1, -0.05) is 41.9 Å². The molecule has 0 bridgehead atoms. The molecule has 0 atom stereocenters. The lowest BCUT2D eigenvalue weighted by Crippen LogP contribution is -2.07. The van der Waals surface area contributed by atoms with Gasteiger partial charge in [-0.05, 0) is 34.2 Å². The Morgan fingerprint density at radius 3 is 2.86 bits per heavy atom. The number of rotatable bonds is 3. The van der Waals surface area contributed by atoms with Crippen LogP contribution in [0.1, 0.15) is 15.9 Å². The van der Waals surface area contributed by atoms with E-state index in [2.05, 4.69) is 15.2 Å². The van der Waals surface area contributed by atoms with Crippen LogP contribution in [0.4, 0.5) is 0 Å². The van der Waals surface area contributed by atoms with E-state index in [1.165, 1.54) is 0 Å². The number of aromatic nitrogens is 3. The van der Waals surface area contributed by atoms with Gasteiger partial charge >= 0.3 is 5.97 Å². The third kappa shape index (κ3) is 3.01. The number of hydrogen-bond donors (Lipinski definition) is 1. The zero-order valence-corrected chi connectivity index (χ0v) is 13.6. The minimum atomic E-state index is -0.511. The fraction of sp³-hybridized carbons (Fsp3) is 0.0714. The highest BCUT2D eigenvalue weighted by Crippen LogP contribution is 2.23. The number of carbonyl (C=O) groups excluding carboxylic acids is 1. The maximum Gasteiger partial charge on any atom is 0.341 e. The SMILES string of the molecule is O=C(OCc1ccccc1)c1cc2[nH]nc(I)c2nc1Cl. The van der Waals surface area contributed by atoms with Crippen molar-refractivity contribution in [1.82, 2.24) is 15.2 Å². The summed E-state index contributed by atoms with van der Waals surface area (Å²) in [6.45, 7) is 0.189. The quantitative estimate of drug-likeness (QED) is 0.405. The van der Waals surface area contributed by atoms with Crippen molar-refractivity contribution >= 4 is 51.2 Å². The highest BCUT2D eigenvalue weighted by Gasteiger charge is 2.17. The maximum absolute atomic E-state index is 12.1. The molecule has 3 rings (SSSR count). The molecule has 0 aliphatic carbocycles. The Bertz CT molecular complexity index is 805. The minimum absolute atomic E-state index is 0.111. The molecule has 3 aromatic rings. The molecule has 0 unspecified atom stereocenters. The van der Waals surface area contributed by atoms with Crippen LogP contribution in [0.2, 0.25) is 5.15 Å². The molecule has 0 amide bonds. The minimum Gasteiger partial charge on any atom is -0.457 e. The predicted molar refractivity (Wildman–Crippen MR) is 87.2 cm³/mol. The molecule has 106 valence electrons. The number of carbonyl (C=O) groups is 1. The molecular formula is C14H9ClIN3O2. The summed E-state index contributed by atoms with van der Waals surface area (Å²) in [6.07, 6.45) is 0. The second kappa shape index (κ2) is 5.98. The van der Waals surface area contributed by atoms with Crippen molar-refractivity contribution in [2.45, 2.75) is 6.61 Å². The Balaban J connectivity index is 1.82.